The lowest BCUT2D eigenvalue weighted by Gasteiger charge is -2.14. The molecular weight excluding hydrogens is 341 g/mol. The number of H-pyrrole nitrogens is 1. The van der Waals surface area contributed by atoms with Crippen LogP contribution < -0.4 is 17.0 Å². The molecule has 1 aliphatic carbocycles. The molecule has 25 heavy (non-hydrogen) atoms. The molecule has 1 unspecified atom stereocenters. The van der Waals surface area contributed by atoms with Gasteiger partial charge in [-0.15, -0.1) is 11.3 Å². The zero-order valence-corrected chi connectivity index (χ0v) is 14.7. The highest BCUT2D eigenvalue weighted by Crippen LogP contribution is 2.39. The molecule has 0 spiro atoms. The van der Waals surface area contributed by atoms with E-state index in [4.69, 9.17) is 5.73 Å². The standard InChI is InChI=1S/C18H18FN3O2S/c1-8-15(10-5-14(9(2)20)25-7-10)13(19)6-12-16(8)22(11-3-4-11)18(24)21-17(12)23/h5-7,9,11H,3-4,20H2,1-2H3,(H,21,23,24). The van der Waals surface area contributed by atoms with Crippen molar-refractivity contribution in [3.05, 3.63) is 54.6 Å². The van der Waals surface area contributed by atoms with Crippen molar-refractivity contribution in [1.82, 2.24) is 9.55 Å². The van der Waals surface area contributed by atoms with Crippen LogP contribution in [0.5, 0.6) is 0 Å². The number of aryl methyl sites for hydroxylation is 1. The average molecular weight is 359 g/mol. The zero-order chi connectivity index (χ0) is 17.9. The number of nitrogens with one attached hydrogen (secondary N) is 1. The predicted octanol–water partition coefficient (Wildman–Crippen LogP) is 3.22. The zero-order valence-electron chi connectivity index (χ0n) is 13.9. The van der Waals surface area contributed by atoms with Crippen LogP contribution in [0.3, 0.4) is 0 Å². The molecular formula is C18H18FN3O2S. The highest BCUT2D eigenvalue weighted by atomic mass is 32.1. The third kappa shape index (κ3) is 2.54. The maximum absolute atomic E-state index is 14.8. The van der Waals surface area contributed by atoms with E-state index >= 15 is 0 Å². The highest BCUT2D eigenvalue weighted by Gasteiger charge is 2.29. The van der Waals surface area contributed by atoms with Crippen LogP contribution in [-0.4, -0.2) is 9.55 Å². The van der Waals surface area contributed by atoms with Gasteiger partial charge < -0.3 is 5.73 Å². The maximum Gasteiger partial charge on any atom is 0.329 e. The van der Waals surface area contributed by atoms with E-state index in [2.05, 4.69) is 4.98 Å². The minimum Gasteiger partial charge on any atom is -0.324 e. The van der Waals surface area contributed by atoms with Gasteiger partial charge >= 0.3 is 5.69 Å². The number of benzene rings is 1. The van der Waals surface area contributed by atoms with E-state index in [-0.39, 0.29) is 17.5 Å². The van der Waals surface area contributed by atoms with Crippen LogP contribution in [0.1, 0.15) is 42.3 Å². The normalized spacial score (nSPS) is 15.7. The Morgan fingerprint density at radius 3 is 2.68 bits per heavy atom. The average Bonchev–Trinajstić information content (AvgIpc) is 3.25. The Morgan fingerprint density at radius 2 is 2.08 bits per heavy atom. The molecule has 1 aromatic carbocycles. The summed E-state index contributed by atoms with van der Waals surface area (Å²) in [7, 11) is 0. The van der Waals surface area contributed by atoms with Crippen LogP contribution in [0.25, 0.3) is 22.0 Å². The van der Waals surface area contributed by atoms with Crippen molar-refractivity contribution in [2.45, 2.75) is 38.8 Å². The van der Waals surface area contributed by atoms with Gasteiger partial charge in [0.05, 0.1) is 10.9 Å². The van der Waals surface area contributed by atoms with Gasteiger partial charge in [-0.1, -0.05) is 0 Å². The summed E-state index contributed by atoms with van der Waals surface area (Å²) >= 11 is 1.48. The van der Waals surface area contributed by atoms with E-state index in [1.807, 2.05) is 18.4 Å². The molecule has 0 radical (unpaired) electrons. The van der Waals surface area contributed by atoms with Crippen molar-refractivity contribution in [3.8, 4) is 11.1 Å². The fourth-order valence-corrected chi connectivity index (χ4v) is 4.19. The Bertz CT molecular complexity index is 1110. The van der Waals surface area contributed by atoms with Gasteiger partial charge in [0, 0.05) is 22.5 Å². The van der Waals surface area contributed by atoms with Gasteiger partial charge in [0.2, 0.25) is 0 Å². The SMILES string of the molecule is Cc1c(-c2csc(C(C)N)c2)c(F)cc2c(=O)[nH]c(=O)n(C3CC3)c12. The van der Waals surface area contributed by atoms with Crippen LogP contribution in [0.15, 0.2) is 27.1 Å². The lowest BCUT2D eigenvalue weighted by molar-refractivity contribution is 0.630. The molecule has 5 nitrogen and oxygen atoms in total. The van der Waals surface area contributed by atoms with Crippen LogP contribution in [0.2, 0.25) is 0 Å². The topological polar surface area (TPSA) is 80.9 Å². The number of hydrogen-bond donors (Lipinski definition) is 2. The number of thiophene rings is 1. The first-order chi connectivity index (χ1) is 11.9. The molecule has 4 rings (SSSR count). The lowest BCUT2D eigenvalue weighted by Crippen LogP contribution is -2.30. The van der Waals surface area contributed by atoms with Crippen molar-refractivity contribution in [1.29, 1.82) is 0 Å². The summed E-state index contributed by atoms with van der Waals surface area (Å²) in [6.07, 6.45) is 1.78. The quantitative estimate of drug-likeness (QED) is 0.753. The van der Waals surface area contributed by atoms with Crippen LogP contribution >= 0.6 is 11.3 Å². The number of nitrogens with zero attached hydrogens (tertiary/aromatic N) is 1. The maximum atomic E-state index is 14.8. The van der Waals surface area contributed by atoms with E-state index in [1.165, 1.54) is 17.4 Å². The van der Waals surface area contributed by atoms with Crippen LogP contribution in [-0.2, 0) is 0 Å². The number of halogens is 1. The summed E-state index contributed by atoms with van der Waals surface area (Å²) in [5, 5.41) is 2.08. The van der Waals surface area contributed by atoms with Gasteiger partial charge in [-0.05, 0) is 55.3 Å². The minimum absolute atomic E-state index is 0.0750. The van der Waals surface area contributed by atoms with Gasteiger partial charge in [0.25, 0.3) is 5.56 Å². The van der Waals surface area contributed by atoms with Gasteiger partial charge in [-0.3, -0.25) is 14.3 Å². The van der Waals surface area contributed by atoms with E-state index in [9.17, 15) is 14.0 Å². The number of aromatic amines is 1. The van der Waals surface area contributed by atoms with Crippen molar-refractivity contribution >= 4 is 22.2 Å². The Kier molecular flexibility index (Phi) is 3.66. The summed E-state index contributed by atoms with van der Waals surface area (Å²) in [6.45, 7) is 3.64. The molecule has 0 saturated heterocycles. The van der Waals surface area contributed by atoms with E-state index in [0.717, 1.165) is 23.3 Å². The van der Waals surface area contributed by atoms with Crippen LogP contribution in [0, 0.1) is 12.7 Å². The van der Waals surface area contributed by atoms with Crippen molar-refractivity contribution < 1.29 is 4.39 Å². The third-order valence-electron chi connectivity index (χ3n) is 4.69. The Hall–Kier alpha value is -2.25. The number of rotatable bonds is 3. The molecule has 1 fully saturated rings. The van der Waals surface area contributed by atoms with Gasteiger partial charge in [-0.25, -0.2) is 9.18 Å². The molecule has 3 aromatic rings. The minimum atomic E-state index is -0.549. The summed E-state index contributed by atoms with van der Waals surface area (Å²) in [4.78, 5) is 27.8. The first kappa shape index (κ1) is 16.2. The van der Waals surface area contributed by atoms with Crippen molar-refractivity contribution in [3.63, 3.8) is 0 Å². The molecule has 3 N–H and O–H groups in total. The van der Waals surface area contributed by atoms with Gasteiger partial charge in [0.15, 0.2) is 0 Å². The summed E-state index contributed by atoms with van der Waals surface area (Å²) in [6, 6.07) is 3.05. The Balaban J connectivity index is 2.07. The van der Waals surface area contributed by atoms with E-state index in [0.29, 0.717) is 16.6 Å². The number of hydrogen-bond acceptors (Lipinski definition) is 4. The molecule has 130 valence electrons. The Labute approximate surface area is 146 Å². The van der Waals surface area contributed by atoms with Crippen LogP contribution in [0.4, 0.5) is 4.39 Å². The van der Waals surface area contributed by atoms with Gasteiger partial charge in [-0.2, -0.15) is 0 Å². The molecule has 1 atom stereocenters. The molecule has 0 bridgehead atoms. The largest absolute Gasteiger partial charge is 0.329 e. The summed E-state index contributed by atoms with van der Waals surface area (Å²) < 4.78 is 16.4. The fourth-order valence-electron chi connectivity index (χ4n) is 3.33. The number of fused-ring (bicyclic) bond motifs is 1. The van der Waals surface area contributed by atoms with Crippen molar-refractivity contribution in [2.75, 3.05) is 0 Å². The third-order valence-corrected chi connectivity index (χ3v) is 5.82. The second-order valence-electron chi connectivity index (χ2n) is 6.64. The molecule has 0 aliphatic heterocycles. The first-order valence-corrected chi connectivity index (χ1v) is 9.08. The molecule has 2 aromatic heterocycles. The van der Waals surface area contributed by atoms with E-state index < -0.39 is 17.1 Å². The lowest BCUT2D eigenvalue weighted by atomic mass is 9.98. The van der Waals surface area contributed by atoms with Gasteiger partial charge in [0.1, 0.15) is 5.82 Å². The summed E-state index contributed by atoms with van der Waals surface area (Å²) in [5.41, 5.74) is 7.22. The second-order valence-corrected chi connectivity index (χ2v) is 7.58. The molecule has 7 heteroatoms. The number of nitrogens with two attached hydrogens (primary N) is 1. The predicted molar refractivity (Wildman–Crippen MR) is 97.7 cm³/mol. The molecule has 2 heterocycles. The second kappa shape index (κ2) is 5.64. The monoisotopic (exact) mass is 359 g/mol. The van der Waals surface area contributed by atoms with Crippen molar-refractivity contribution in [2.24, 2.45) is 5.73 Å². The number of aromatic nitrogens is 2. The highest BCUT2D eigenvalue weighted by molar-refractivity contribution is 7.10. The molecule has 1 saturated carbocycles. The molecule has 1 aliphatic rings. The first-order valence-electron chi connectivity index (χ1n) is 8.20. The fraction of sp³-hybridized carbons (Fsp3) is 0.333. The smallest absolute Gasteiger partial charge is 0.324 e. The Morgan fingerprint density at radius 1 is 1.36 bits per heavy atom. The molecule has 0 amide bonds. The summed E-state index contributed by atoms with van der Waals surface area (Å²) in [5.74, 6) is -0.467. The van der Waals surface area contributed by atoms with E-state index in [1.54, 1.807) is 11.5 Å².